The van der Waals surface area contributed by atoms with E-state index in [4.69, 9.17) is 0 Å². The van der Waals surface area contributed by atoms with Crippen molar-refractivity contribution < 1.29 is 4.79 Å². The van der Waals surface area contributed by atoms with Gasteiger partial charge in [-0.15, -0.1) is 11.3 Å². The molecule has 0 radical (unpaired) electrons. The van der Waals surface area contributed by atoms with Gasteiger partial charge in [-0.2, -0.15) is 0 Å². The van der Waals surface area contributed by atoms with E-state index in [-0.39, 0.29) is 11.8 Å². The number of benzene rings is 1. The van der Waals surface area contributed by atoms with E-state index >= 15 is 0 Å². The van der Waals surface area contributed by atoms with Crippen molar-refractivity contribution in [2.45, 2.75) is 33.6 Å². The molecule has 1 atom stereocenters. The number of rotatable bonds is 6. The van der Waals surface area contributed by atoms with E-state index in [9.17, 15) is 4.79 Å². The molecule has 2 N–H and O–H groups in total. The molecule has 1 aliphatic heterocycles. The summed E-state index contributed by atoms with van der Waals surface area (Å²) in [5.74, 6) is 0.531. The molecule has 5 heteroatoms. The molecule has 128 valence electrons. The number of aromatic nitrogens is 1. The zero-order chi connectivity index (χ0) is 17.1. The predicted octanol–water partition coefficient (Wildman–Crippen LogP) is 3.87. The first-order chi connectivity index (χ1) is 11.6. The van der Waals surface area contributed by atoms with Crippen LogP contribution in [-0.2, 0) is 11.2 Å². The molecule has 1 saturated heterocycles. The van der Waals surface area contributed by atoms with E-state index in [1.807, 2.05) is 6.92 Å². The number of thiazole rings is 1. The molecule has 0 bridgehead atoms. The standard InChI is InChI=1S/C19H25N3OS/c1-4-5-14-6-8-15(9-7-14)17-13(3)24-19(21-17)22-18(23)12(2)16-10-20-11-16/h6-9,12,16,20H,4-5,10-11H2,1-3H3,(H,21,22,23). The van der Waals surface area contributed by atoms with E-state index < -0.39 is 0 Å². The Morgan fingerprint density at radius 3 is 2.67 bits per heavy atom. The fourth-order valence-electron chi connectivity index (χ4n) is 2.93. The van der Waals surface area contributed by atoms with Crippen LogP contribution in [0, 0.1) is 18.8 Å². The molecule has 1 unspecified atom stereocenters. The molecule has 1 aromatic carbocycles. The van der Waals surface area contributed by atoms with Gasteiger partial charge < -0.3 is 10.6 Å². The zero-order valence-electron chi connectivity index (χ0n) is 14.6. The lowest BCUT2D eigenvalue weighted by atomic mass is 9.88. The van der Waals surface area contributed by atoms with Crippen LogP contribution >= 0.6 is 11.3 Å². The van der Waals surface area contributed by atoms with E-state index in [1.54, 1.807) is 11.3 Å². The number of hydrogen-bond donors (Lipinski definition) is 2. The van der Waals surface area contributed by atoms with Crippen LogP contribution in [0.3, 0.4) is 0 Å². The van der Waals surface area contributed by atoms with Gasteiger partial charge in [-0.05, 0) is 37.9 Å². The molecule has 0 saturated carbocycles. The van der Waals surface area contributed by atoms with E-state index in [2.05, 4.69) is 53.7 Å². The second-order valence-electron chi connectivity index (χ2n) is 6.57. The van der Waals surface area contributed by atoms with Crippen LogP contribution in [0.4, 0.5) is 5.13 Å². The number of amides is 1. The van der Waals surface area contributed by atoms with E-state index in [1.165, 1.54) is 5.56 Å². The molecule has 1 aliphatic rings. The van der Waals surface area contributed by atoms with Crippen LogP contribution in [-0.4, -0.2) is 24.0 Å². The highest BCUT2D eigenvalue weighted by molar-refractivity contribution is 7.16. The first-order valence-electron chi connectivity index (χ1n) is 8.66. The lowest BCUT2D eigenvalue weighted by Crippen LogP contribution is -2.48. The minimum atomic E-state index is 0.0206. The second-order valence-corrected chi connectivity index (χ2v) is 7.77. The smallest absolute Gasteiger partial charge is 0.229 e. The molecule has 0 spiro atoms. The third-order valence-electron chi connectivity index (χ3n) is 4.73. The highest BCUT2D eigenvalue weighted by Crippen LogP contribution is 2.31. The average molecular weight is 343 g/mol. The normalized spacial score (nSPS) is 15.8. The lowest BCUT2D eigenvalue weighted by molar-refractivity contribution is -0.121. The molecule has 4 nitrogen and oxygen atoms in total. The maximum Gasteiger partial charge on any atom is 0.229 e. The fraction of sp³-hybridized carbons (Fsp3) is 0.474. The maximum atomic E-state index is 12.3. The first-order valence-corrected chi connectivity index (χ1v) is 9.48. The Kier molecular flexibility index (Phi) is 5.31. The number of hydrogen-bond acceptors (Lipinski definition) is 4. The Bertz CT molecular complexity index is 704. The number of nitrogens with zero attached hydrogens (tertiary/aromatic N) is 1. The number of nitrogens with one attached hydrogen (secondary N) is 2. The molecule has 1 aromatic heterocycles. The number of anilines is 1. The Morgan fingerprint density at radius 2 is 2.08 bits per heavy atom. The van der Waals surface area contributed by atoms with E-state index in [0.717, 1.165) is 42.1 Å². The molecule has 1 fully saturated rings. The zero-order valence-corrected chi connectivity index (χ0v) is 15.4. The first kappa shape index (κ1) is 17.1. The van der Waals surface area contributed by atoms with Gasteiger partial charge in [-0.25, -0.2) is 4.98 Å². The third-order valence-corrected chi connectivity index (χ3v) is 5.61. The van der Waals surface area contributed by atoms with Crippen molar-refractivity contribution in [1.29, 1.82) is 0 Å². The van der Waals surface area contributed by atoms with Crippen molar-refractivity contribution >= 4 is 22.4 Å². The van der Waals surface area contributed by atoms with Crippen LogP contribution in [0.15, 0.2) is 24.3 Å². The van der Waals surface area contributed by atoms with Gasteiger partial charge in [0.1, 0.15) is 0 Å². The van der Waals surface area contributed by atoms with Gasteiger partial charge in [0, 0.05) is 16.4 Å². The van der Waals surface area contributed by atoms with Gasteiger partial charge in [0.25, 0.3) is 0 Å². The molecular formula is C19H25N3OS. The Labute approximate surface area is 147 Å². The molecule has 2 heterocycles. The summed E-state index contributed by atoms with van der Waals surface area (Å²) in [6.07, 6.45) is 2.26. The maximum absolute atomic E-state index is 12.3. The van der Waals surface area contributed by atoms with Crippen molar-refractivity contribution in [2.24, 2.45) is 11.8 Å². The van der Waals surface area contributed by atoms with Crippen LogP contribution in [0.5, 0.6) is 0 Å². The summed E-state index contributed by atoms with van der Waals surface area (Å²) < 4.78 is 0. The van der Waals surface area contributed by atoms with Gasteiger partial charge in [0.05, 0.1) is 5.69 Å². The number of carbonyl (C=O) groups excluding carboxylic acids is 1. The monoisotopic (exact) mass is 343 g/mol. The van der Waals surface area contributed by atoms with Gasteiger partial charge in [-0.1, -0.05) is 44.5 Å². The lowest BCUT2D eigenvalue weighted by Gasteiger charge is -2.31. The van der Waals surface area contributed by atoms with Crippen molar-refractivity contribution in [3.05, 3.63) is 34.7 Å². The van der Waals surface area contributed by atoms with Gasteiger partial charge >= 0.3 is 0 Å². The Balaban J connectivity index is 1.71. The average Bonchev–Trinajstić information content (AvgIpc) is 2.87. The van der Waals surface area contributed by atoms with Crippen molar-refractivity contribution in [1.82, 2.24) is 10.3 Å². The summed E-state index contributed by atoms with van der Waals surface area (Å²) in [5, 5.41) is 6.91. The topological polar surface area (TPSA) is 54.0 Å². The minimum Gasteiger partial charge on any atom is -0.316 e. The largest absolute Gasteiger partial charge is 0.316 e. The summed E-state index contributed by atoms with van der Waals surface area (Å²) >= 11 is 1.55. The summed E-state index contributed by atoms with van der Waals surface area (Å²) in [7, 11) is 0. The van der Waals surface area contributed by atoms with Gasteiger partial charge in [0.2, 0.25) is 5.91 Å². The van der Waals surface area contributed by atoms with Crippen LogP contribution in [0.25, 0.3) is 11.3 Å². The van der Waals surface area contributed by atoms with Crippen molar-refractivity contribution in [3.8, 4) is 11.3 Å². The van der Waals surface area contributed by atoms with Gasteiger partial charge in [-0.3, -0.25) is 4.79 Å². The molecule has 2 aromatic rings. The summed E-state index contributed by atoms with van der Waals surface area (Å²) in [6.45, 7) is 8.10. The molecular weight excluding hydrogens is 318 g/mol. The molecule has 1 amide bonds. The highest BCUT2D eigenvalue weighted by Gasteiger charge is 2.29. The minimum absolute atomic E-state index is 0.0206. The number of carbonyl (C=O) groups is 1. The summed E-state index contributed by atoms with van der Waals surface area (Å²) in [4.78, 5) is 18.1. The second kappa shape index (κ2) is 7.45. The van der Waals surface area contributed by atoms with Crippen molar-refractivity contribution in [2.75, 3.05) is 18.4 Å². The summed E-state index contributed by atoms with van der Waals surface area (Å²) in [6, 6.07) is 8.59. The summed E-state index contributed by atoms with van der Waals surface area (Å²) in [5.41, 5.74) is 3.43. The predicted molar refractivity (Wildman–Crippen MR) is 100 cm³/mol. The Hall–Kier alpha value is -1.72. The van der Waals surface area contributed by atoms with E-state index in [0.29, 0.717) is 11.0 Å². The van der Waals surface area contributed by atoms with Crippen LogP contribution < -0.4 is 10.6 Å². The SMILES string of the molecule is CCCc1ccc(-c2nc(NC(=O)C(C)C3CNC3)sc2C)cc1. The quantitative estimate of drug-likeness (QED) is 0.837. The Morgan fingerprint density at radius 1 is 1.38 bits per heavy atom. The third kappa shape index (κ3) is 3.68. The molecule has 24 heavy (non-hydrogen) atoms. The van der Waals surface area contributed by atoms with Crippen LogP contribution in [0.1, 0.15) is 30.7 Å². The molecule has 0 aliphatic carbocycles. The fourth-order valence-corrected chi connectivity index (χ4v) is 3.77. The number of aryl methyl sites for hydroxylation is 2. The van der Waals surface area contributed by atoms with Crippen LogP contribution in [0.2, 0.25) is 0 Å². The molecule has 3 rings (SSSR count). The highest BCUT2D eigenvalue weighted by atomic mass is 32.1. The van der Waals surface area contributed by atoms with Crippen molar-refractivity contribution in [3.63, 3.8) is 0 Å². The van der Waals surface area contributed by atoms with Gasteiger partial charge in [0.15, 0.2) is 5.13 Å².